The molecule has 0 aromatic heterocycles. The van der Waals surface area contributed by atoms with E-state index in [0.29, 0.717) is 17.1 Å². The molecule has 0 aliphatic heterocycles. The van der Waals surface area contributed by atoms with Crippen LogP contribution in [0.5, 0.6) is 5.75 Å². The maximum absolute atomic E-state index is 12.2. The minimum atomic E-state index is -0.465. The summed E-state index contributed by atoms with van der Waals surface area (Å²) in [5.41, 5.74) is 3.06. The van der Waals surface area contributed by atoms with Crippen LogP contribution in [0.25, 0.3) is 0 Å². The van der Waals surface area contributed by atoms with Gasteiger partial charge in [0.1, 0.15) is 5.75 Å². The summed E-state index contributed by atoms with van der Waals surface area (Å²) in [7, 11) is 0. The first kappa shape index (κ1) is 17.9. The maximum Gasteiger partial charge on any atom is 0.262 e. The molecule has 0 bridgehead atoms. The Morgan fingerprint density at radius 1 is 1.15 bits per heavy atom. The number of ether oxygens (including phenoxy) is 1. The van der Waals surface area contributed by atoms with Crippen LogP contribution < -0.4 is 15.4 Å². The molecule has 0 fully saturated rings. The van der Waals surface area contributed by atoms with E-state index in [1.54, 1.807) is 24.3 Å². The first-order valence-corrected chi connectivity index (χ1v) is 8.63. The number of nitrogens with one attached hydrogen (secondary N) is 2. The highest BCUT2D eigenvalue weighted by Crippen LogP contribution is 2.35. The van der Waals surface area contributed by atoms with Crippen LogP contribution in [0.4, 0.5) is 11.4 Å². The number of aliphatic hydroxyl groups excluding tert-OH is 1. The van der Waals surface area contributed by atoms with Crippen LogP contribution in [-0.4, -0.2) is 23.5 Å². The zero-order valence-electron chi connectivity index (χ0n) is 14.6. The van der Waals surface area contributed by atoms with Crippen molar-refractivity contribution in [3.05, 3.63) is 53.6 Å². The fraction of sp³-hybridized carbons (Fsp3) is 0.300. The Kier molecular flexibility index (Phi) is 5.53. The Balaban J connectivity index is 1.62. The molecule has 2 aromatic rings. The smallest absolute Gasteiger partial charge is 0.262 e. The lowest BCUT2D eigenvalue weighted by Crippen LogP contribution is -2.21. The third-order valence-corrected chi connectivity index (χ3v) is 4.26. The molecule has 0 spiro atoms. The number of carbonyl (C=O) groups is 2. The standard InChI is InChI=1S/C20H22N2O4/c1-13(23)21-14-5-2-6-15(11-14)22-20(25)12-26-19-10-4-7-16-17(19)8-3-9-18(16)24/h2,4-7,10-11,18,24H,3,8-9,12H2,1H3,(H,21,23)(H,22,25). The first-order chi connectivity index (χ1) is 12.5. The zero-order chi connectivity index (χ0) is 18.5. The molecule has 1 atom stereocenters. The fourth-order valence-electron chi connectivity index (χ4n) is 3.14. The average molecular weight is 354 g/mol. The third kappa shape index (κ3) is 4.40. The van der Waals surface area contributed by atoms with Crippen LogP contribution >= 0.6 is 0 Å². The van der Waals surface area contributed by atoms with E-state index in [1.807, 2.05) is 18.2 Å². The zero-order valence-corrected chi connectivity index (χ0v) is 14.6. The van der Waals surface area contributed by atoms with Crippen LogP contribution in [0.15, 0.2) is 42.5 Å². The quantitative estimate of drug-likeness (QED) is 0.770. The van der Waals surface area contributed by atoms with E-state index in [4.69, 9.17) is 4.74 Å². The summed E-state index contributed by atoms with van der Waals surface area (Å²) in [5.74, 6) is 0.176. The van der Waals surface area contributed by atoms with E-state index < -0.39 is 6.10 Å². The molecule has 0 saturated heterocycles. The lowest BCUT2D eigenvalue weighted by molar-refractivity contribution is -0.118. The molecule has 1 unspecified atom stereocenters. The lowest BCUT2D eigenvalue weighted by Gasteiger charge is -2.23. The molecule has 3 rings (SSSR count). The highest BCUT2D eigenvalue weighted by atomic mass is 16.5. The summed E-state index contributed by atoms with van der Waals surface area (Å²) in [6.45, 7) is 1.30. The van der Waals surface area contributed by atoms with Crippen molar-refractivity contribution < 1.29 is 19.4 Å². The van der Waals surface area contributed by atoms with E-state index in [-0.39, 0.29) is 18.4 Å². The highest BCUT2D eigenvalue weighted by molar-refractivity contribution is 5.94. The molecule has 6 heteroatoms. The van der Waals surface area contributed by atoms with Crippen LogP contribution in [0.1, 0.15) is 37.0 Å². The number of aliphatic hydroxyl groups is 1. The summed E-state index contributed by atoms with van der Waals surface area (Å²) < 4.78 is 5.69. The van der Waals surface area contributed by atoms with Gasteiger partial charge in [0, 0.05) is 18.3 Å². The second-order valence-corrected chi connectivity index (χ2v) is 6.33. The molecule has 2 aromatic carbocycles. The van der Waals surface area contributed by atoms with Crippen LogP contribution in [0, 0.1) is 0 Å². The van der Waals surface area contributed by atoms with Gasteiger partial charge >= 0.3 is 0 Å². The second-order valence-electron chi connectivity index (χ2n) is 6.33. The number of benzene rings is 2. The van der Waals surface area contributed by atoms with Gasteiger partial charge in [-0.15, -0.1) is 0 Å². The third-order valence-electron chi connectivity index (χ3n) is 4.26. The molecule has 0 saturated carbocycles. The van der Waals surface area contributed by atoms with Gasteiger partial charge in [0.15, 0.2) is 6.61 Å². The number of anilines is 2. The summed E-state index contributed by atoms with van der Waals surface area (Å²) in [4.78, 5) is 23.3. The van der Waals surface area contributed by atoms with Gasteiger partial charge in [0.05, 0.1) is 6.10 Å². The number of carbonyl (C=O) groups excluding carboxylic acids is 2. The normalized spacial score (nSPS) is 15.7. The molecule has 1 aliphatic rings. The van der Waals surface area contributed by atoms with Gasteiger partial charge in [-0.2, -0.15) is 0 Å². The Morgan fingerprint density at radius 3 is 2.65 bits per heavy atom. The molecule has 0 heterocycles. The van der Waals surface area contributed by atoms with Gasteiger partial charge < -0.3 is 20.5 Å². The molecular formula is C20H22N2O4. The van der Waals surface area contributed by atoms with E-state index in [1.165, 1.54) is 6.92 Å². The number of rotatable bonds is 5. The minimum Gasteiger partial charge on any atom is -0.483 e. The van der Waals surface area contributed by atoms with Gasteiger partial charge in [0.2, 0.25) is 5.91 Å². The van der Waals surface area contributed by atoms with E-state index in [9.17, 15) is 14.7 Å². The Labute approximate surface area is 152 Å². The summed E-state index contributed by atoms with van der Waals surface area (Å²) in [6.07, 6.45) is 2.02. The van der Waals surface area contributed by atoms with Crippen LogP contribution in [0.3, 0.4) is 0 Å². The molecule has 136 valence electrons. The predicted octanol–water partition coefficient (Wildman–Crippen LogP) is 3.03. The predicted molar refractivity (Wildman–Crippen MR) is 99.2 cm³/mol. The van der Waals surface area contributed by atoms with Crippen molar-refractivity contribution >= 4 is 23.2 Å². The molecule has 6 nitrogen and oxygen atoms in total. The highest BCUT2D eigenvalue weighted by Gasteiger charge is 2.21. The molecule has 2 amide bonds. The van der Waals surface area contributed by atoms with Crippen molar-refractivity contribution in [2.24, 2.45) is 0 Å². The topological polar surface area (TPSA) is 87.7 Å². The molecule has 3 N–H and O–H groups in total. The van der Waals surface area contributed by atoms with Crippen molar-refractivity contribution in [3.63, 3.8) is 0 Å². The van der Waals surface area contributed by atoms with E-state index in [2.05, 4.69) is 10.6 Å². The summed E-state index contributed by atoms with van der Waals surface area (Å²) >= 11 is 0. The van der Waals surface area contributed by atoms with Crippen molar-refractivity contribution in [1.29, 1.82) is 0 Å². The van der Waals surface area contributed by atoms with E-state index in [0.717, 1.165) is 30.4 Å². The SMILES string of the molecule is CC(=O)Nc1cccc(NC(=O)COc2cccc3c2CCCC3O)c1. The lowest BCUT2D eigenvalue weighted by atomic mass is 9.89. The van der Waals surface area contributed by atoms with Crippen LogP contribution in [-0.2, 0) is 16.0 Å². The van der Waals surface area contributed by atoms with Gasteiger partial charge in [-0.3, -0.25) is 9.59 Å². The van der Waals surface area contributed by atoms with Crippen LogP contribution in [0.2, 0.25) is 0 Å². The Bertz CT molecular complexity index is 819. The summed E-state index contributed by atoms with van der Waals surface area (Å²) in [5, 5.41) is 15.5. The molecular weight excluding hydrogens is 332 g/mol. The number of amides is 2. The minimum absolute atomic E-state index is 0.128. The number of hydrogen-bond donors (Lipinski definition) is 3. The number of fused-ring (bicyclic) bond motifs is 1. The Morgan fingerprint density at radius 2 is 1.88 bits per heavy atom. The second kappa shape index (κ2) is 8.01. The van der Waals surface area contributed by atoms with Gasteiger partial charge in [-0.05, 0) is 54.7 Å². The maximum atomic E-state index is 12.2. The van der Waals surface area contributed by atoms with Crippen molar-refractivity contribution in [3.8, 4) is 5.75 Å². The van der Waals surface area contributed by atoms with E-state index >= 15 is 0 Å². The first-order valence-electron chi connectivity index (χ1n) is 8.63. The molecule has 26 heavy (non-hydrogen) atoms. The van der Waals surface area contributed by atoms with Gasteiger partial charge in [0.25, 0.3) is 5.91 Å². The monoisotopic (exact) mass is 354 g/mol. The average Bonchev–Trinajstić information content (AvgIpc) is 2.60. The number of hydrogen-bond acceptors (Lipinski definition) is 4. The van der Waals surface area contributed by atoms with Gasteiger partial charge in [-0.25, -0.2) is 0 Å². The molecule has 1 aliphatic carbocycles. The van der Waals surface area contributed by atoms with Crippen molar-refractivity contribution in [1.82, 2.24) is 0 Å². The van der Waals surface area contributed by atoms with Gasteiger partial charge in [-0.1, -0.05) is 18.2 Å². The Hall–Kier alpha value is -2.86. The van der Waals surface area contributed by atoms with Crippen molar-refractivity contribution in [2.75, 3.05) is 17.2 Å². The van der Waals surface area contributed by atoms with Crippen molar-refractivity contribution in [2.45, 2.75) is 32.3 Å². The molecule has 0 radical (unpaired) electrons. The largest absolute Gasteiger partial charge is 0.483 e. The fourth-order valence-corrected chi connectivity index (χ4v) is 3.14. The summed E-state index contributed by atoms with van der Waals surface area (Å²) in [6, 6.07) is 12.5.